The molecule has 2 unspecified atom stereocenters. The zero-order valence-corrected chi connectivity index (χ0v) is 41.5. The summed E-state index contributed by atoms with van der Waals surface area (Å²) in [5.41, 5.74) is 0. The molecule has 0 saturated carbocycles. The Kier molecular flexibility index (Phi) is 41.2. The Bertz CT molecular complexity index is 1470. The Labute approximate surface area is 389 Å². The van der Waals surface area contributed by atoms with Crippen molar-refractivity contribution in [2.24, 2.45) is 0 Å². The van der Waals surface area contributed by atoms with Gasteiger partial charge in [-0.05, 0) is 83.5 Å². The number of nitrogens with zero attached hydrogens (tertiary/aromatic N) is 1. The molecule has 0 aliphatic carbocycles. The largest absolute Gasteiger partial charge is 0.472 e. The molecule has 3 atom stereocenters. The number of hydrogen-bond donors (Lipinski definition) is 2. The SMILES string of the molecule is CC/C=C\C/C=C\C/C=C\C/C=C\C=C/C(O)C/C=C\CCC(=O)OC[C@H](COP(=O)(O)OCC[N+](C)(C)C)OC(=O)CCCCCCCC/C=C\C/C=C\C/C=C\CCCCCC. The molecule has 10 nitrogen and oxygen atoms in total. The number of hydrogen-bond acceptors (Lipinski definition) is 8. The molecule has 11 heteroatoms. The van der Waals surface area contributed by atoms with E-state index < -0.39 is 38.6 Å². The molecule has 0 spiro atoms. The molecular formula is C53H89NO9P+. The van der Waals surface area contributed by atoms with Crippen LogP contribution in [0.3, 0.4) is 0 Å². The van der Waals surface area contributed by atoms with Gasteiger partial charge in [-0.2, -0.15) is 0 Å². The van der Waals surface area contributed by atoms with Gasteiger partial charge in [0.1, 0.15) is 19.8 Å². The molecule has 0 radical (unpaired) electrons. The van der Waals surface area contributed by atoms with E-state index in [4.69, 9.17) is 18.5 Å². The first-order valence-corrected chi connectivity index (χ1v) is 25.7. The molecule has 0 rings (SSSR count). The number of carbonyl (C=O) groups excluding carboxylic acids is 2. The van der Waals surface area contributed by atoms with Crippen LogP contribution in [-0.2, 0) is 32.7 Å². The van der Waals surface area contributed by atoms with Crippen LogP contribution in [0.4, 0.5) is 0 Å². The molecule has 0 amide bonds. The molecule has 0 saturated heterocycles. The molecule has 0 bridgehead atoms. The average Bonchev–Trinajstić information content (AvgIpc) is 3.24. The quantitative estimate of drug-likeness (QED) is 0.0154. The molecule has 64 heavy (non-hydrogen) atoms. The van der Waals surface area contributed by atoms with E-state index in [-0.39, 0.29) is 26.1 Å². The van der Waals surface area contributed by atoms with E-state index in [1.807, 2.05) is 45.4 Å². The predicted octanol–water partition coefficient (Wildman–Crippen LogP) is 13.3. The first kappa shape index (κ1) is 60.6. The summed E-state index contributed by atoms with van der Waals surface area (Å²) in [5.74, 6) is -1.01. The molecule has 2 N–H and O–H groups in total. The van der Waals surface area contributed by atoms with Crippen molar-refractivity contribution < 1.29 is 47.2 Å². The lowest BCUT2D eigenvalue weighted by Gasteiger charge is -2.24. The molecule has 0 aromatic rings. The van der Waals surface area contributed by atoms with Crippen LogP contribution in [0.2, 0.25) is 0 Å². The van der Waals surface area contributed by atoms with Gasteiger partial charge in [0.05, 0.1) is 33.9 Å². The highest BCUT2D eigenvalue weighted by atomic mass is 31.2. The van der Waals surface area contributed by atoms with E-state index in [1.54, 1.807) is 12.2 Å². The van der Waals surface area contributed by atoms with Crippen molar-refractivity contribution in [1.82, 2.24) is 0 Å². The first-order chi connectivity index (χ1) is 30.9. The third-order valence-electron chi connectivity index (χ3n) is 9.63. The van der Waals surface area contributed by atoms with E-state index in [0.29, 0.717) is 30.3 Å². The fourth-order valence-electron chi connectivity index (χ4n) is 5.84. The molecular weight excluding hydrogens is 826 g/mol. The number of rotatable bonds is 42. The normalized spacial score (nSPS) is 14.9. The number of likely N-dealkylation sites (N-methyl/N-ethyl adjacent to an activating group) is 1. The summed E-state index contributed by atoms with van der Waals surface area (Å²) in [5, 5.41) is 10.2. The van der Waals surface area contributed by atoms with E-state index in [2.05, 4.69) is 86.8 Å². The standard InChI is InChI=1S/C53H88NO9P/c1-6-8-10-12-14-16-18-20-21-22-23-24-25-26-28-30-32-34-36-40-45-53(57)63-51(49-62-64(58,59)61-47-46-54(3,4)5)48-60-52(56)44-41-37-39-43-50(55)42-38-35-33-31-29-27-19-17-15-13-11-9-7-2/h9,11,15-18,21-22,24-25,27,29,33,35,37-39,42,50-51,55H,6-8,10,12-14,19-20,23,26,28,30-32,34,36,40-41,43-49H2,1-5H3/p+1/b11-9-,17-15-,18-16-,22-21-,25-24-,29-27-,35-33-,39-37-,42-38-/t50?,51-/m1/s1. The number of carbonyl (C=O) groups is 2. The molecule has 364 valence electrons. The van der Waals surface area contributed by atoms with Crippen molar-refractivity contribution in [2.75, 3.05) is 47.5 Å². The fourth-order valence-corrected chi connectivity index (χ4v) is 6.58. The second kappa shape index (κ2) is 43.5. The van der Waals surface area contributed by atoms with Crippen molar-refractivity contribution in [3.05, 3.63) is 109 Å². The minimum Gasteiger partial charge on any atom is -0.462 e. The van der Waals surface area contributed by atoms with E-state index in [0.717, 1.165) is 77.0 Å². The number of phosphoric acid groups is 1. The van der Waals surface area contributed by atoms with Gasteiger partial charge < -0.3 is 24.0 Å². The van der Waals surface area contributed by atoms with Crippen molar-refractivity contribution in [3.63, 3.8) is 0 Å². The van der Waals surface area contributed by atoms with Gasteiger partial charge in [-0.1, -0.05) is 168 Å². The van der Waals surface area contributed by atoms with Crippen molar-refractivity contribution in [2.45, 2.75) is 167 Å². The molecule has 0 fully saturated rings. The topological polar surface area (TPSA) is 129 Å². The summed E-state index contributed by atoms with van der Waals surface area (Å²) >= 11 is 0. The number of esters is 2. The van der Waals surface area contributed by atoms with Crippen LogP contribution in [0, 0.1) is 0 Å². The van der Waals surface area contributed by atoms with Gasteiger partial charge in [0.25, 0.3) is 0 Å². The van der Waals surface area contributed by atoms with E-state index in [1.165, 1.54) is 32.1 Å². The number of quaternary nitrogens is 1. The molecule has 0 aromatic heterocycles. The summed E-state index contributed by atoms with van der Waals surface area (Å²) in [4.78, 5) is 35.5. The number of unbranched alkanes of at least 4 members (excludes halogenated alkanes) is 10. The maximum Gasteiger partial charge on any atom is 0.472 e. The third-order valence-corrected chi connectivity index (χ3v) is 10.6. The van der Waals surface area contributed by atoms with Crippen LogP contribution in [0.25, 0.3) is 0 Å². The number of allylic oxidation sites excluding steroid dienone is 16. The lowest BCUT2D eigenvalue weighted by atomic mass is 10.1. The summed E-state index contributed by atoms with van der Waals surface area (Å²) in [6.45, 7) is 4.05. The van der Waals surface area contributed by atoms with Crippen LogP contribution in [0.5, 0.6) is 0 Å². The number of aliphatic hydroxyl groups excluding tert-OH is 1. The Balaban J connectivity index is 4.55. The summed E-state index contributed by atoms with van der Waals surface area (Å²) in [7, 11) is 1.35. The van der Waals surface area contributed by atoms with E-state index >= 15 is 0 Å². The Morgan fingerprint density at radius 2 is 1.11 bits per heavy atom. The smallest absolute Gasteiger partial charge is 0.462 e. The van der Waals surface area contributed by atoms with Crippen LogP contribution in [0.1, 0.15) is 155 Å². The van der Waals surface area contributed by atoms with Crippen LogP contribution in [0.15, 0.2) is 109 Å². The zero-order chi connectivity index (χ0) is 47.3. The lowest BCUT2D eigenvalue weighted by Crippen LogP contribution is -2.37. The monoisotopic (exact) mass is 915 g/mol. The maximum atomic E-state index is 12.7. The highest BCUT2D eigenvalue weighted by Crippen LogP contribution is 2.43. The summed E-state index contributed by atoms with van der Waals surface area (Å²) in [6, 6.07) is 0. The molecule has 0 heterocycles. The van der Waals surface area contributed by atoms with Crippen molar-refractivity contribution >= 4 is 19.8 Å². The molecule has 0 aliphatic rings. The fraction of sp³-hybridized carbons (Fsp3) is 0.623. The van der Waals surface area contributed by atoms with Gasteiger partial charge in [-0.15, -0.1) is 0 Å². The molecule has 0 aliphatic heterocycles. The summed E-state index contributed by atoms with van der Waals surface area (Å²) in [6.07, 6.45) is 56.0. The number of aliphatic hydroxyl groups is 1. The van der Waals surface area contributed by atoms with Gasteiger partial charge in [-0.3, -0.25) is 18.6 Å². The minimum atomic E-state index is -4.43. The van der Waals surface area contributed by atoms with Crippen LogP contribution < -0.4 is 0 Å². The predicted molar refractivity (Wildman–Crippen MR) is 267 cm³/mol. The second-order valence-corrected chi connectivity index (χ2v) is 18.4. The van der Waals surface area contributed by atoms with Crippen LogP contribution in [-0.4, -0.2) is 86.1 Å². The highest BCUT2D eigenvalue weighted by molar-refractivity contribution is 7.47. The van der Waals surface area contributed by atoms with E-state index in [9.17, 15) is 24.2 Å². The van der Waals surface area contributed by atoms with Gasteiger partial charge in [0, 0.05) is 12.8 Å². The second-order valence-electron chi connectivity index (χ2n) is 17.0. The van der Waals surface area contributed by atoms with Gasteiger partial charge in [-0.25, -0.2) is 4.57 Å². The van der Waals surface area contributed by atoms with Crippen molar-refractivity contribution in [1.29, 1.82) is 0 Å². The lowest BCUT2D eigenvalue weighted by molar-refractivity contribution is -0.870. The Morgan fingerprint density at radius 3 is 1.70 bits per heavy atom. The number of ether oxygens (including phenoxy) is 2. The minimum absolute atomic E-state index is 0.00521. The first-order valence-electron chi connectivity index (χ1n) is 24.2. The Morgan fingerprint density at radius 1 is 0.578 bits per heavy atom. The maximum absolute atomic E-state index is 12.7. The molecule has 0 aromatic carbocycles. The van der Waals surface area contributed by atoms with Crippen molar-refractivity contribution in [3.8, 4) is 0 Å². The van der Waals surface area contributed by atoms with Gasteiger partial charge in [0.15, 0.2) is 6.10 Å². The highest BCUT2D eigenvalue weighted by Gasteiger charge is 2.27. The summed E-state index contributed by atoms with van der Waals surface area (Å²) < 4.78 is 34.2. The Hall–Kier alpha value is -3.37. The zero-order valence-electron chi connectivity index (χ0n) is 40.6. The average molecular weight is 915 g/mol. The van der Waals surface area contributed by atoms with Gasteiger partial charge >= 0.3 is 19.8 Å². The third kappa shape index (κ3) is 46.6. The number of phosphoric ester groups is 1. The van der Waals surface area contributed by atoms with Crippen LogP contribution >= 0.6 is 7.82 Å². The van der Waals surface area contributed by atoms with Gasteiger partial charge in [0.2, 0.25) is 0 Å².